The van der Waals surface area contributed by atoms with Gasteiger partial charge in [0.15, 0.2) is 0 Å². The number of carbonyl (C=O) groups is 2. The molecule has 1 heterocycles. The van der Waals surface area contributed by atoms with Crippen LogP contribution in [0.1, 0.15) is 64.2 Å². The maximum absolute atomic E-state index is 12.0. The molecule has 0 aromatic heterocycles. The molecular weight excluding hydrogens is 304 g/mol. The summed E-state index contributed by atoms with van der Waals surface area (Å²) < 4.78 is 0. The molecule has 1 saturated heterocycles. The van der Waals surface area contributed by atoms with E-state index in [-0.39, 0.29) is 18.0 Å². The molecule has 3 N–H and O–H groups in total. The summed E-state index contributed by atoms with van der Waals surface area (Å²) in [4.78, 5) is 26.3. The molecule has 3 fully saturated rings. The molecule has 6 nitrogen and oxygen atoms in total. The van der Waals surface area contributed by atoms with Crippen molar-refractivity contribution >= 4 is 11.9 Å². The minimum Gasteiger partial charge on any atom is -0.353 e. The first kappa shape index (κ1) is 17.5. The summed E-state index contributed by atoms with van der Waals surface area (Å²) in [6.07, 6.45) is 11.3. The Hall–Kier alpha value is -1.30. The SMILES string of the molecule is O=C(CCNC(=O)NC1CCN(C2CCCC2)C1)NC1CCCC1. The fourth-order valence-electron chi connectivity index (χ4n) is 4.40. The second kappa shape index (κ2) is 8.70. The molecule has 1 aliphatic heterocycles. The number of hydrogen-bond donors (Lipinski definition) is 3. The lowest BCUT2D eigenvalue weighted by molar-refractivity contribution is -0.121. The monoisotopic (exact) mass is 336 g/mol. The first-order valence-corrected chi connectivity index (χ1v) is 9.78. The Morgan fingerprint density at radius 3 is 2.33 bits per heavy atom. The minimum absolute atomic E-state index is 0.0514. The molecule has 1 atom stereocenters. The third kappa shape index (κ3) is 5.10. The van der Waals surface area contributed by atoms with Gasteiger partial charge in [-0.15, -0.1) is 0 Å². The lowest BCUT2D eigenvalue weighted by Crippen LogP contribution is -2.45. The highest BCUT2D eigenvalue weighted by molar-refractivity contribution is 5.78. The Kier molecular flexibility index (Phi) is 6.35. The minimum atomic E-state index is -0.137. The van der Waals surface area contributed by atoms with Crippen molar-refractivity contribution < 1.29 is 9.59 Å². The molecule has 6 heteroatoms. The summed E-state index contributed by atoms with van der Waals surface area (Å²) in [7, 11) is 0. The topological polar surface area (TPSA) is 73.5 Å². The molecule has 0 aromatic rings. The average Bonchev–Trinajstić information content (AvgIpc) is 3.29. The molecule has 24 heavy (non-hydrogen) atoms. The first-order chi connectivity index (χ1) is 11.7. The van der Waals surface area contributed by atoms with E-state index in [0.717, 1.165) is 38.4 Å². The normalized spacial score (nSPS) is 25.9. The van der Waals surface area contributed by atoms with Gasteiger partial charge >= 0.3 is 6.03 Å². The fourth-order valence-corrected chi connectivity index (χ4v) is 4.40. The van der Waals surface area contributed by atoms with Crippen molar-refractivity contribution in [3.8, 4) is 0 Å². The second-order valence-electron chi connectivity index (χ2n) is 7.62. The Balaban J connectivity index is 1.26. The van der Waals surface area contributed by atoms with Crippen molar-refractivity contribution in [3.05, 3.63) is 0 Å². The molecule has 0 spiro atoms. The number of hydrogen-bond acceptors (Lipinski definition) is 3. The lowest BCUT2D eigenvalue weighted by atomic mass is 10.2. The Bertz CT molecular complexity index is 431. The van der Waals surface area contributed by atoms with Gasteiger partial charge in [0.1, 0.15) is 0 Å². The zero-order valence-corrected chi connectivity index (χ0v) is 14.7. The molecule has 3 aliphatic rings. The van der Waals surface area contributed by atoms with Gasteiger partial charge < -0.3 is 16.0 Å². The van der Waals surface area contributed by atoms with Crippen molar-refractivity contribution in [2.75, 3.05) is 19.6 Å². The van der Waals surface area contributed by atoms with Gasteiger partial charge in [0.25, 0.3) is 0 Å². The number of carbonyl (C=O) groups excluding carboxylic acids is 2. The Labute approximate surface area is 145 Å². The van der Waals surface area contributed by atoms with Gasteiger partial charge in [-0.25, -0.2) is 4.79 Å². The summed E-state index contributed by atoms with van der Waals surface area (Å²) in [5, 5.41) is 8.92. The van der Waals surface area contributed by atoms with Gasteiger partial charge in [0.05, 0.1) is 0 Å². The van der Waals surface area contributed by atoms with Crippen LogP contribution < -0.4 is 16.0 Å². The van der Waals surface area contributed by atoms with Crippen LogP contribution in [-0.2, 0) is 4.79 Å². The van der Waals surface area contributed by atoms with E-state index >= 15 is 0 Å². The maximum Gasteiger partial charge on any atom is 0.315 e. The average molecular weight is 336 g/mol. The summed E-state index contributed by atoms with van der Waals surface area (Å²) >= 11 is 0. The number of amides is 3. The van der Waals surface area contributed by atoms with Gasteiger partial charge in [0.2, 0.25) is 5.91 Å². The van der Waals surface area contributed by atoms with Gasteiger partial charge in [-0.2, -0.15) is 0 Å². The predicted octanol–water partition coefficient (Wildman–Crippen LogP) is 1.75. The van der Waals surface area contributed by atoms with Crippen LogP contribution in [0.25, 0.3) is 0 Å². The standard InChI is InChI=1S/C18H32N4O2/c23-17(20-14-5-1-2-6-14)9-11-19-18(24)21-15-10-12-22(13-15)16-7-3-4-8-16/h14-16H,1-13H2,(H,20,23)(H2,19,21,24). The molecule has 0 radical (unpaired) electrons. The van der Waals surface area contributed by atoms with Crippen LogP contribution in [0.2, 0.25) is 0 Å². The Morgan fingerprint density at radius 1 is 0.875 bits per heavy atom. The molecule has 0 aromatic carbocycles. The van der Waals surface area contributed by atoms with E-state index < -0.39 is 0 Å². The molecule has 2 saturated carbocycles. The second-order valence-corrected chi connectivity index (χ2v) is 7.62. The van der Waals surface area contributed by atoms with Gasteiger partial charge in [-0.05, 0) is 32.1 Å². The third-order valence-electron chi connectivity index (χ3n) is 5.75. The van der Waals surface area contributed by atoms with Crippen LogP contribution >= 0.6 is 0 Å². The van der Waals surface area contributed by atoms with Crippen LogP contribution in [0.15, 0.2) is 0 Å². The quantitative estimate of drug-likeness (QED) is 0.692. The number of likely N-dealkylation sites (tertiary alicyclic amines) is 1. The van der Waals surface area contributed by atoms with Crippen molar-refractivity contribution in [2.24, 2.45) is 0 Å². The van der Waals surface area contributed by atoms with E-state index in [1.54, 1.807) is 0 Å². The highest BCUT2D eigenvalue weighted by atomic mass is 16.2. The van der Waals surface area contributed by atoms with Crippen LogP contribution in [0.3, 0.4) is 0 Å². The predicted molar refractivity (Wildman–Crippen MR) is 93.8 cm³/mol. The molecule has 136 valence electrons. The summed E-state index contributed by atoms with van der Waals surface area (Å²) in [6, 6.07) is 1.20. The van der Waals surface area contributed by atoms with Crippen LogP contribution in [0, 0.1) is 0 Å². The number of rotatable bonds is 6. The fraction of sp³-hybridized carbons (Fsp3) is 0.889. The van der Waals surface area contributed by atoms with Crippen molar-refractivity contribution in [2.45, 2.75) is 82.3 Å². The van der Waals surface area contributed by atoms with Crippen molar-refractivity contribution in [1.29, 1.82) is 0 Å². The van der Waals surface area contributed by atoms with Gasteiger partial charge in [-0.1, -0.05) is 25.7 Å². The zero-order valence-electron chi connectivity index (χ0n) is 14.7. The first-order valence-electron chi connectivity index (χ1n) is 9.78. The van der Waals surface area contributed by atoms with Crippen molar-refractivity contribution in [1.82, 2.24) is 20.9 Å². The molecule has 1 unspecified atom stereocenters. The molecule has 3 amide bonds. The largest absolute Gasteiger partial charge is 0.353 e. The van der Waals surface area contributed by atoms with E-state index in [1.807, 2.05) is 0 Å². The summed E-state index contributed by atoms with van der Waals surface area (Å²) in [6.45, 7) is 2.48. The highest BCUT2D eigenvalue weighted by Gasteiger charge is 2.30. The lowest BCUT2D eigenvalue weighted by Gasteiger charge is -2.23. The van der Waals surface area contributed by atoms with E-state index in [1.165, 1.54) is 38.5 Å². The molecule has 3 rings (SSSR count). The van der Waals surface area contributed by atoms with Crippen LogP contribution in [0.5, 0.6) is 0 Å². The van der Waals surface area contributed by atoms with E-state index in [2.05, 4.69) is 20.9 Å². The zero-order chi connectivity index (χ0) is 16.8. The third-order valence-corrected chi connectivity index (χ3v) is 5.75. The number of nitrogens with one attached hydrogen (secondary N) is 3. The number of urea groups is 1. The van der Waals surface area contributed by atoms with Crippen molar-refractivity contribution in [3.63, 3.8) is 0 Å². The smallest absolute Gasteiger partial charge is 0.315 e. The van der Waals surface area contributed by atoms with E-state index in [4.69, 9.17) is 0 Å². The van der Waals surface area contributed by atoms with E-state index in [9.17, 15) is 9.59 Å². The van der Waals surface area contributed by atoms with E-state index in [0.29, 0.717) is 19.0 Å². The number of nitrogens with zero attached hydrogens (tertiary/aromatic N) is 1. The molecular formula is C18H32N4O2. The highest BCUT2D eigenvalue weighted by Crippen LogP contribution is 2.26. The van der Waals surface area contributed by atoms with Gasteiger partial charge in [0, 0.05) is 44.2 Å². The summed E-state index contributed by atoms with van der Waals surface area (Å²) in [5.74, 6) is 0.0514. The van der Waals surface area contributed by atoms with Crippen LogP contribution in [-0.4, -0.2) is 54.6 Å². The summed E-state index contributed by atoms with van der Waals surface area (Å²) in [5.41, 5.74) is 0. The molecule has 2 aliphatic carbocycles. The van der Waals surface area contributed by atoms with Gasteiger partial charge in [-0.3, -0.25) is 9.69 Å². The van der Waals surface area contributed by atoms with Crippen LogP contribution in [0.4, 0.5) is 4.79 Å². The maximum atomic E-state index is 12.0. The Morgan fingerprint density at radius 2 is 1.58 bits per heavy atom. The molecule has 0 bridgehead atoms.